The summed E-state index contributed by atoms with van der Waals surface area (Å²) in [7, 11) is 0. The molecule has 1 heterocycles. The van der Waals surface area contributed by atoms with E-state index in [-0.39, 0.29) is 0 Å². The summed E-state index contributed by atoms with van der Waals surface area (Å²) in [5.74, 6) is 1.17. The number of rotatable bonds is 8. The van der Waals surface area contributed by atoms with Gasteiger partial charge in [0.2, 0.25) is 0 Å². The number of nitrogens with zero attached hydrogens (tertiary/aromatic N) is 1. The van der Waals surface area contributed by atoms with Crippen molar-refractivity contribution in [3.8, 4) is 0 Å². The van der Waals surface area contributed by atoms with Crippen molar-refractivity contribution in [2.75, 3.05) is 38.5 Å². The number of benzene rings is 1. The van der Waals surface area contributed by atoms with Crippen LogP contribution in [0.3, 0.4) is 0 Å². The third kappa shape index (κ3) is 6.39. The highest BCUT2D eigenvalue weighted by molar-refractivity contribution is 7.99. The molecule has 0 aromatic heterocycles. The van der Waals surface area contributed by atoms with Crippen molar-refractivity contribution in [2.45, 2.75) is 37.2 Å². The van der Waals surface area contributed by atoms with E-state index in [0.29, 0.717) is 6.10 Å². The van der Waals surface area contributed by atoms with Gasteiger partial charge in [-0.2, -0.15) is 0 Å². The van der Waals surface area contributed by atoms with Gasteiger partial charge in [-0.05, 0) is 44.9 Å². The van der Waals surface area contributed by atoms with Crippen LogP contribution in [0.1, 0.15) is 24.8 Å². The number of piperidine rings is 1. The Balaban J connectivity index is 1.57. The summed E-state index contributed by atoms with van der Waals surface area (Å²) in [5.41, 5.74) is 6.82. The van der Waals surface area contributed by atoms with E-state index in [1.54, 1.807) is 0 Å². The average molecular weight is 308 g/mol. The summed E-state index contributed by atoms with van der Waals surface area (Å²) >= 11 is 1.95. The minimum absolute atomic E-state index is 0.456. The molecule has 0 bridgehead atoms. The number of thioether (sulfide) groups is 1. The Hall–Kier alpha value is -0.550. The van der Waals surface area contributed by atoms with Crippen LogP contribution in [0.4, 0.5) is 0 Å². The van der Waals surface area contributed by atoms with E-state index in [1.807, 2.05) is 11.8 Å². The van der Waals surface area contributed by atoms with Crippen LogP contribution in [0.25, 0.3) is 0 Å². The van der Waals surface area contributed by atoms with Crippen LogP contribution >= 0.6 is 11.8 Å². The first-order valence-corrected chi connectivity index (χ1v) is 9.00. The van der Waals surface area contributed by atoms with Gasteiger partial charge in [0.25, 0.3) is 0 Å². The number of nitrogens with two attached hydrogens (primary N) is 1. The molecule has 0 radical (unpaired) electrons. The first kappa shape index (κ1) is 16.8. The van der Waals surface area contributed by atoms with Gasteiger partial charge < -0.3 is 15.4 Å². The third-order valence-corrected chi connectivity index (χ3v) is 4.93. The Labute approximate surface area is 133 Å². The lowest BCUT2D eigenvalue weighted by atomic mass is 10.1. The zero-order chi connectivity index (χ0) is 14.9. The number of likely N-dealkylation sites (tertiary alicyclic amines) is 1. The van der Waals surface area contributed by atoms with Crippen LogP contribution in [0.5, 0.6) is 0 Å². The van der Waals surface area contributed by atoms with Crippen molar-refractivity contribution in [2.24, 2.45) is 5.73 Å². The highest BCUT2D eigenvalue weighted by Gasteiger charge is 2.18. The standard InChI is InChI=1S/C17H28N2OS/c1-15-3-5-17(6-4-15)21-14-12-19-10-7-16(8-11-19)20-13-2-9-18/h3-6,16H,2,7-14,18H2,1H3. The van der Waals surface area contributed by atoms with Crippen molar-refractivity contribution in [3.05, 3.63) is 29.8 Å². The lowest BCUT2D eigenvalue weighted by Crippen LogP contribution is -2.38. The number of ether oxygens (including phenoxy) is 1. The largest absolute Gasteiger partial charge is 0.378 e. The van der Waals surface area contributed by atoms with Gasteiger partial charge in [-0.3, -0.25) is 0 Å². The molecule has 3 nitrogen and oxygen atoms in total. The molecule has 21 heavy (non-hydrogen) atoms. The topological polar surface area (TPSA) is 38.5 Å². The molecule has 1 aliphatic heterocycles. The fourth-order valence-corrected chi connectivity index (χ4v) is 3.47. The van der Waals surface area contributed by atoms with Gasteiger partial charge in [-0.25, -0.2) is 0 Å². The highest BCUT2D eigenvalue weighted by Crippen LogP contribution is 2.20. The lowest BCUT2D eigenvalue weighted by molar-refractivity contribution is 0.00855. The molecular weight excluding hydrogens is 280 g/mol. The first-order chi connectivity index (χ1) is 10.3. The average Bonchev–Trinajstić information content (AvgIpc) is 2.51. The number of aryl methyl sites for hydroxylation is 1. The zero-order valence-corrected chi connectivity index (χ0v) is 13.9. The van der Waals surface area contributed by atoms with E-state index < -0.39 is 0 Å². The Morgan fingerprint density at radius 3 is 2.62 bits per heavy atom. The second kappa shape index (κ2) is 9.46. The Bertz CT molecular complexity index is 388. The quantitative estimate of drug-likeness (QED) is 0.592. The van der Waals surface area contributed by atoms with Crippen LogP contribution in [-0.4, -0.2) is 49.5 Å². The summed E-state index contributed by atoms with van der Waals surface area (Å²) in [4.78, 5) is 3.94. The fourth-order valence-electron chi connectivity index (χ4n) is 2.56. The smallest absolute Gasteiger partial charge is 0.0599 e. The summed E-state index contributed by atoms with van der Waals surface area (Å²) in [6.07, 6.45) is 3.77. The van der Waals surface area contributed by atoms with E-state index in [0.717, 1.165) is 19.6 Å². The van der Waals surface area contributed by atoms with Gasteiger partial charge in [0.1, 0.15) is 0 Å². The molecule has 2 N–H and O–H groups in total. The second-order valence-electron chi connectivity index (χ2n) is 5.72. The molecule has 1 fully saturated rings. The molecule has 1 saturated heterocycles. The van der Waals surface area contributed by atoms with E-state index in [1.165, 1.54) is 48.7 Å². The van der Waals surface area contributed by atoms with Crippen molar-refractivity contribution in [3.63, 3.8) is 0 Å². The normalized spacial score (nSPS) is 17.2. The Kier molecular flexibility index (Phi) is 7.58. The van der Waals surface area contributed by atoms with Crippen molar-refractivity contribution >= 4 is 11.8 Å². The molecule has 0 aliphatic carbocycles. The lowest BCUT2D eigenvalue weighted by Gasteiger charge is -2.31. The molecule has 118 valence electrons. The van der Waals surface area contributed by atoms with Crippen LogP contribution in [0.15, 0.2) is 29.2 Å². The van der Waals surface area contributed by atoms with Crippen LogP contribution in [0.2, 0.25) is 0 Å². The molecule has 0 unspecified atom stereocenters. The predicted octanol–water partition coefficient (Wildman–Crippen LogP) is 2.92. The Morgan fingerprint density at radius 1 is 1.24 bits per heavy atom. The van der Waals surface area contributed by atoms with Gasteiger partial charge in [-0.1, -0.05) is 17.7 Å². The fraction of sp³-hybridized carbons (Fsp3) is 0.647. The summed E-state index contributed by atoms with van der Waals surface area (Å²) in [5, 5.41) is 0. The Morgan fingerprint density at radius 2 is 1.95 bits per heavy atom. The molecule has 0 saturated carbocycles. The van der Waals surface area contributed by atoms with Crippen molar-refractivity contribution < 1.29 is 4.74 Å². The van der Waals surface area contributed by atoms with Crippen molar-refractivity contribution in [1.82, 2.24) is 4.90 Å². The maximum Gasteiger partial charge on any atom is 0.0599 e. The molecule has 0 amide bonds. The highest BCUT2D eigenvalue weighted by atomic mass is 32.2. The number of hydrogen-bond donors (Lipinski definition) is 1. The molecule has 1 aliphatic rings. The van der Waals surface area contributed by atoms with E-state index in [4.69, 9.17) is 10.5 Å². The monoisotopic (exact) mass is 308 g/mol. The van der Waals surface area contributed by atoms with Gasteiger partial charge in [0, 0.05) is 36.9 Å². The minimum atomic E-state index is 0.456. The zero-order valence-electron chi connectivity index (χ0n) is 13.1. The molecular formula is C17H28N2OS. The van der Waals surface area contributed by atoms with E-state index >= 15 is 0 Å². The molecule has 0 atom stereocenters. The molecule has 0 spiro atoms. The summed E-state index contributed by atoms with van der Waals surface area (Å²) in [6, 6.07) is 8.81. The molecule has 1 aromatic carbocycles. The predicted molar refractivity (Wildman–Crippen MR) is 91.0 cm³/mol. The SMILES string of the molecule is Cc1ccc(SCCN2CCC(OCCCN)CC2)cc1. The van der Waals surface area contributed by atoms with Crippen LogP contribution < -0.4 is 5.73 Å². The maximum atomic E-state index is 5.84. The summed E-state index contributed by atoms with van der Waals surface area (Å²) < 4.78 is 5.84. The van der Waals surface area contributed by atoms with Gasteiger partial charge in [0.15, 0.2) is 0 Å². The van der Waals surface area contributed by atoms with Gasteiger partial charge in [0.05, 0.1) is 6.10 Å². The van der Waals surface area contributed by atoms with E-state index in [9.17, 15) is 0 Å². The van der Waals surface area contributed by atoms with Crippen molar-refractivity contribution in [1.29, 1.82) is 0 Å². The van der Waals surface area contributed by atoms with Crippen LogP contribution in [-0.2, 0) is 4.74 Å². The van der Waals surface area contributed by atoms with Gasteiger partial charge in [-0.15, -0.1) is 11.8 Å². The minimum Gasteiger partial charge on any atom is -0.378 e. The summed E-state index contributed by atoms with van der Waals surface area (Å²) in [6.45, 7) is 7.20. The number of hydrogen-bond acceptors (Lipinski definition) is 4. The third-order valence-electron chi connectivity index (χ3n) is 3.93. The maximum absolute atomic E-state index is 5.84. The molecule has 4 heteroatoms. The van der Waals surface area contributed by atoms with Gasteiger partial charge >= 0.3 is 0 Å². The van der Waals surface area contributed by atoms with Crippen LogP contribution in [0, 0.1) is 6.92 Å². The molecule has 2 rings (SSSR count). The van der Waals surface area contributed by atoms with E-state index in [2.05, 4.69) is 36.1 Å². The molecule has 1 aromatic rings. The first-order valence-electron chi connectivity index (χ1n) is 8.01. The second-order valence-corrected chi connectivity index (χ2v) is 6.88.